The number of aromatic nitrogens is 6. The van der Waals surface area contributed by atoms with Gasteiger partial charge in [0.05, 0.1) is 41.8 Å². The fourth-order valence-corrected chi connectivity index (χ4v) is 6.14. The van der Waals surface area contributed by atoms with Gasteiger partial charge in [-0.1, -0.05) is 12.1 Å². The molecule has 0 amide bonds. The molecule has 0 fully saturated rings. The Hall–Kier alpha value is -9.40. The summed E-state index contributed by atoms with van der Waals surface area (Å²) in [6.07, 6.45) is -16.2. The molecule has 0 saturated carbocycles. The second-order valence-corrected chi connectivity index (χ2v) is 15.6. The Morgan fingerprint density at radius 2 is 1.00 bits per heavy atom. The topological polar surface area (TPSA) is 127 Å². The van der Waals surface area contributed by atoms with Crippen LogP contribution in [0.25, 0.3) is 28.0 Å². The highest BCUT2D eigenvalue weighted by Gasteiger charge is 2.40. The number of alkyl halides is 12. The van der Waals surface area contributed by atoms with Crippen molar-refractivity contribution in [3.63, 3.8) is 0 Å². The van der Waals surface area contributed by atoms with Gasteiger partial charge in [-0.05, 0) is 135 Å². The SMILES string of the molecule is Cc1cc(C(F)(F)F)n(-c2ccc(C=O)cc2)n1.FC(F)(F)c1cc(C(F)(F)F)[nH]n1.N#CCc1cc(F)ccc1F.O=Cc1ccc(F)cc1.[C-]#[N+]/C(=C\c1ccc(-n2nc(C)cc2C(F)(F)F)cc1)c1cc(F)ccc1F. The van der Waals surface area contributed by atoms with E-state index in [4.69, 9.17) is 11.8 Å². The van der Waals surface area contributed by atoms with Crippen molar-refractivity contribution in [1.29, 1.82) is 5.26 Å². The Bertz CT molecular complexity index is 3420. The van der Waals surface area contributed by atoms with Crippen LogP contribution >= 0.6 is 0 Å². The molecule has 0 aliphatic carbocycles. The molecule has 10 nitrogen and oxygen atoms in total. The van der Waals surface area contributed by atoms with Crippen LogP contribution in [-0.4, -0.2) is 42.3 Å². The molecule has 1 N–H and O–H groups in total. The number of carbonyl (C=O) groups is 2. The number of nitrogens with one attached hydrogen (secondary N) is 1. The maximum atomic E-state index is 13.9. The van der Waals surface area contributed by atoms with E-state index in [9.17, 15) is 84.2 Å². The van der Waals surface area contributed by atoms with Crippen LogP contribution in [-0.2, 0) is 31.1 Å². The zero-order valence-corrected chi connectivity index (χ0v) is 39.9. The van der Waals surface area contributed by atoms with Crippen LogP contribution in [0.2, 0.25) is 0 Å². The number of benzene rings is 5. The zero-order chi connectivity index (χ0) is 59.0. The van der Waals surface area contributed by atoms with Gasteiger partial charge in [0.2, 0.25) is 0 Å². The molecule has 0 saturated heterocycles. The van der Waals surface area contributed by atoms with E-state index < -0.39 is 70.7 Å². The lowest BCUT2D eigenvalue weighted by Gasteiger charge is -2.10. The standard InChI is InChI=1S/C20H12F5N3.C12H9F3N2O.C8H5F2N.C7H5FO.C5H2F6N2/c1-12-9-19(20(23,24)25)28(27-12)15-6-3-13(4-7-15)10-18(26-2)16-11-14(21)5-8-17(16)22;1-8-6-11(12(13,14)15)17(16-8)10-4-2-9(7-18)3-5-10;9-7-1-2-8(10)6(5-7)3-4-11;8-7-3-1-6(5-9)2-4-7;6-4(7,8)2-1-3(13-12-2)5(9,10)11/h3-11H,1H3;2-7H,1H3;1-2,5H,3H2;1-5H;1H,(H,12,13)/b18-10-;;;;. The number of aromatic amines is 1. The lowest BCUT2D eigenvalue weighted by Crippen LogP contribution is -2.13. The van der Waals surface area contributed by atoms with Gasteiger partial charge in [0, 0.05) is 28.3 Å². The lowest BCUT2D eigenvalue weighted by atomic mass is 10.1. The van der Waals surface area contributed by atoms with Gasteiger partial charge in [0.1, 0.15) is 58.7 Å². The van der Waals surface area contributed by atoms with Crippen LogP contribution in [0.3, 0.4) is 0 Å². The number of carbonyl (C=O) groups excluding carboxylic acids is 2. The first-order valence-corrected chi connectivity index (χ1v) is 21.6. The summed E-state index contributed by atoms with van der Waals surface area (Å²) in [6.45, 7) is 10.2. The summed E-state index contributed by atoms with van der Waals surface area (Å²) in [5, 5.41) is 19.6. The first-order chi connectivity index (χ1) is 36.9. The molecule has 0 unspecified atom stereocenters. The summed E-state index contributed by atoms with van der Waals surface area (Å²) in [5.41, 5.74) is -2.78. The summed E-state index contributed by atoms with van der Waals surface area (Å²) in [7, 11) is 0. The number of hydrogen-bond donors (Lipinski definition) is 1. The first-order valence-electron chi connectivity index (χ1n) is 21.6. The van der Waals surface area contributed by atoms with Gasteiger partial charge in [-0.25, -0.2) is 36.2 Å². The molecule has 8 aromatic rings. The Labute approximate surface area is 435 Å². The van der Waals surface area contributed by atoms with Gasteiger partial charge < -0.3 is 0 Å². The van der Waals surface area contributed by atoms with Crippen LogP contribution in [0, 0.1) is 60.8 Å². The molecule has 0 spiro atoms. The van der Waals surface area contributed by atoms with E-state index in [1.807, 2.05) is 0 Å². The number of aryl methyl sites for hydroxylation is 2. The van der Waals surface area contributed by atoms with Crippen molar-refractivity contribution in [2.75, 3.05) is 0 Å². The van der Waals surface area contributed by atoms with E-state index in [-0.39, 0.29) is 57.9 Å². The molecule has 27 heteroatoms. The number of H-pyrrole nitrogens is 1. The van der Waals surface area contributed by atoms with E-state index in [0.717, 1.165) is 57.9 Å². The van der Waals surface area contributed by atoms with Crippen LogP contribution in [0.15, 0.2) is 127 Å². The quantitative estimate of drug-likeness (QED) is 0.0733. The number of hydrogen-bond acceptors (Lipinski definition) is 6. The average molecular weight is 1120 g/mol. The van der Waals surface area contributed by atoms with Crippen molar-refractivity contribution in [2.45, 2.75) is 45.0 Å². The normalized spacial score (nSPS) is 11.4. The van der Waals surface area contributed by atoms with E-state index in [2.05, 4.69) is 20.1 Å². The summed E-state index contributed by atoms with van der Waals surface area (Å²) >= 11 is 0. The summed E-state index contributed by atoms with van der Waals surface area (Å²) in [6, 6.07) is 26.3. The Kier molecular flexibility index (Phi) is 20.9. The number of rotatable bonds is 7. The molecule has 79 heavy (non-hydrogen) atoms. The molecule has 8 rings (SSSR count). The van der Waals surface area contributed by atoms with Gasteiger partial charge in [0.15, 0.2) is 11.4 Å². The Morgan fingerprint density at radius 1 is 0.570 bits per heavy atom. The molecular formula is C52H33F17N8O2. The molecule has 3 aromatic heterocycles. The van der Waals surface area contributed by atoms with Crippen LogP contribution in [0.4, 0.5) is 74.6 Å². The zero-order valence-electron chi connectivity index (χ0n) is 39.9. The summed E-state index contributed by atoms with van der Waals surface area (Å²) in [5.74, 6) is -2.80. The van der Waals surface area contributed by atoms with Crippen molar-refractivity contribution in [3.05, 3.63) is 230 Å². The largest absolute Gasteiger partial charge is 0.435 e. The number of halogens is 17. The van der Waals surface area contributed by atoms with Crippen molar-refractivity contribution < 1.29 is 84.2 Å². The molecule has 3 heterocycles. The smallest absolute Gasteiger partial charge is 0.298 e. The molecule has 0 atom stereocenters. The maximum absolute atomic E-state index is 13.9. The first kappa shape index (κ1) is 62.1. The predicted octanol–water partition coefficient (Wildman–Crippen LogP) is 15.0. The Morgan fingerprint density at radius 3 is 1.39 bits per heavy atom. The molecule has 0 aliphatic heterocycles. The van der Waals surface area contributed by atoms with E-state index in [1.54, 1.807) is 6.07 Å². The lowest BCUT2D eigenvalue weighted by molar-refractivity contribution is -0.144. The highest BCUT2D eigenvalue weighted by atomic mass is 19.4. The van der Waals surface area contributed by atoms with Crippen molar-refractivity contribution in [1.82, 2.24) is 29.8 Å². The maximum Gasteiger partial charge on any atom is 0.435 e. The van der Waals surface area contributed by atoms with E-state index in [1.165, 1.54) is 97.8 Å². The molecular weight excluding hydrogens is 1090 g/mol. The van der Waals surface area contributed by atoms with Crippen molar-refractivity contribution in [3.8, 4) is 17.4 Å². The number of nitrogens with zero attached hydrogens (tertiary/aromatic N) is 7. The molecule has 0 aliphatic rings. The molecule has 0 radical (unpaired) electrons. The summed E-state index contributed by atoms with van der Waals surface area (Å²) in [4.78, 5) is 23.7. The monoisotopic (exact) mass is 1120 g/mol. The van der Waals surface area contributed by atoms with Crippen LogP contribution in [0.5, 0.6) is 0 Å². The summed E-state index contributed by atoms with van der Waals surface area (Å²) < 4.78 is 214. The minimum absolute atomic E-state index is 0.0833. The van der Waals surface area contributed by atoms with Gasteiger partial charge in [-0.15, -0.1) is 0 Å². The molecule has 5 aromatic carbocycles. The van der Waals surface area contributed by atoms with Crippen molar-refractivity contribution in [2.24, 2.45) is 0 Å². The van der Waals surface area contributed by atoms with Crippen molar-refractivity contribution >= 4 is 24.3 Å². The van der Waals surface area contributed by atoms with Gasteiger partial charge in [0.25, 0.3) is 0 Å². The third kappa shape index (κ3) is 18.4. The number of aldehydes is 2. The second-order valence-electron chi connectivity index (χ2n) is 15.6. The third-order valence-electron chi connectivity index (χ3n) is 9.74. The van der Waals surface area contributed by atoms with E-state index >= 15 is 0 Å². The van der Waals surface area contributed by atoms with Gasteiger partial charge in [-0.3, -0.25) is 14.7 Å². The van der Waals surface area contributed by atoms with Gasteiger partial charge in [-0.2, -0.15) is 73.2 Å². The van der Waals surface area contributed by atoms with Crippen LogP contribution < -0.4 is 0 Å². The predicted molar refractivity (Wildman–Crippen MR) is 249 cm³/mol. The van der Waals surface area contributed by atoms with Gasteiger partial charge >= 0.3 is 24.7 Å². The third-order valence-corrected chi connectivity index (χ3v) is 9.74. The minimum atomic E-state index is -4.86. The Balaban J connectivity index is 0.000000227. The minimum Gasteiger partial charge on any atom is -0.298 e. The highest BCUT2D eigenvalue weighted by molar-refractivity contribution is 5.85. The molecule has 412 valence electrons. The number of nitriles is 1. The highest BCUT2D eigenvalue weighted by Crippen LogP contribution is 2.35. The second kappa shape index (κ2) is 26.6. The fourth-order valence-electron chi connectivity index (χ4n) is 6.14. The fraction of sp³-hybridized carbons (Fsp3) is 0.135. The average Bonchev–Trinajstić information content (AvgIpc) is 4.17. The molecule has 0 bridgehead atoms. The van der Waals surface area contributed by atoms with E-state index in [0.29, 0.717) is 29.3 Å². The van der Waals surface area contributed by atoms with Crippen LogP contribution in [0.1, 0.15) is 71.6 Å².